The Morgan fingerprint density at radius 3 is 2.87 bits per heavy atom. The van der Waals surface area contributed by atoms with Gasteiger partial charge in [0.2, 0.25) is 0 Å². The molecule has 0 bridgehead atoms. The number of unbranched alkanes of at least 4 members (excludes halogenated alkanes) is 3. The second kappa shape index (κ2) is 8.32. The van der Waals surface area contributed by atoms with E-state index in [-0.39, 0.29) is 0 Å². The van der Waals surface area contributed by atoms with E-state index in [0.29, 0.717) is 0 Å². The standard InChI is InChI=1S/C13H23BS/c1-2-3-4-5-7-12(11-14)10-13-8-6-9-15-13/h6,9,12-13H,2-5,7-8,10-11H2,1H3. The number of hydrogen-bond acceptors (Lipinski definition) is 1. The summed E-state index contributed by atoms with van der Waals surface area (Å²) in [4.78, 5) is 0. The largest absolute Gasteiger partial charge is 0.131 e. The Kier molecular flexibility index (Phi) is 7.34. The van der Waals surface area contributed by atoms with Crippen molar-refractivity contribution in [2.75, 3.05) is 0 Å². The van der Waals surface area contributed by atoms with Crippen molar-refractivity contribution >= 4 is 19.6 Å². The van der Waals surface area contributed by atoms with Gasteiger partial charge in [-0.05, 0) is 24.2 Å². The zero-order valence-electron chi connectivity index (χ0n) is 9.95. The van der Waals surface area contributed by atoms with Crippen LogP contribution in [0.4, 0.5) is 0 Å². The van der Waals surface area contributed by atoms with Crippen LogP contribution in [0.1, 0.15) is 51.9 Å². The van der Waals surface area contributed by atoms with Crippen molar-refractivity contribution in [1.29, 1.82) is 0 Å². The van der Waals surface area contributed by atoms with Crippen LogP contribution in [-0.2, 0) is 0 Å². The van der Waals surface area contributed by atoms with Gasteiger partial charge in [-0.2, -0.15) is 0 Å². The lowest BCUT2D eigenvalue weighted by molar-refractivity contribution is 0.455. The van der Waals surface area contributed by atoms with E-state index in [1.165, 1.54) is 44.9 Å². The molecule has 84 valence electrons. The molecule has 0 saturated heterocycles. The third-order valence-corrected chi connectivity index (χ3v) is 4.28. The van der Waals surface area contributed by atoms with Crippen molar-refractivity contribution in [2.24, 2.45) is 5.92 Å². The molecule has 0 saturated carbocycles. The lowest BCUT2D eigenvalue weighted by Gasteiger charge is -2.18. The summed E-state index contributed by atoms with van der Waals surface area (Å²) in [6.07, 6.45) is 12.6. The molecule has 1 heterocycles. The number of thioether (sulfide) groups is 1. The quantitative estimate of drug-likeness (QED) is 0.428. The van der Waals surface area contributed by atoms with Gasteiger partial charge in [0, 0.05) is 5.25 Å². The second-order valence-electron chi connectivity index (χ2n) is 4.55. The Morgan fingerprint density at radius 2 is 2.27 bits per heavy atom. The SMILES string of the molecule is [B]CC(CCCCCC)CC1CC=CS1. The maximum Gasteiger partial charge on any atom is 0.0656 e. The summed E-state index contributed by atoms with van der Waals surface area (Å²) >= 11 is 1.99. The monoisotopic (exact) mass is 222 g/mol. The van der Waals surface area contributed by atoms with Gasteiger partial charge in [0.1, 0.15) is 0 Å². The maximum absolute atomic E-state index is 5.84. The van der Waals surface area contributed by atoms with Crippen molar-refractivity contribution in [3.05, 3.63) is 11.5 Å². The second-order valence-corrected chi connectivity index (χ2v) is 5.76. The normalized spacial score (nSPS) is 22.1. The molecular weight excluding hydrogens is 199 g/mol. The van der Waals surface area contributed by atoms with Crippen LogP contribution >= 0.6 is 11.8 Å². The zero-order chi connectivity index (χ0) is 10.9. The number of hydrogen-bond donors (Lipinski definition) is 0. The van der Waals surface area contributed by atoms with Crippen LogP contribution in [0.2, 0.25) is 6.32 Å². The van der Waals surface area contributed by atoms with Gasteiger partial charge in [-0.3, -0.25) is 0 Å². The molecule has 0 aromatic rings. The van der Waals surface area contributed by atoms with Crippen molar-refractivity contribution in [2.45, 2.75) is 63.4 Å². The molecule has 0 aliphatic carbocycles. The minimum Gasteiger partial charge on any atom is -0.131 e. The van der Waals surface area contributed by atoms with E-state index >= 15 is 0 Å². The first-order chi connectivity index (χ1) is 7.36. The van der Waals surface area contributed by atoms with Gasteiger partial charge in [0.15, 0.2) is 0 Å². The van der Waals surface area contributed by atoms with E-state index in [0.717, 1.165) is 17.5 Å². The van der Waals surface area contributed by atoms with E-state index in [1.54, 1.807) is 0 Å². The van der Waals surface area contributed by atoms with Gasteiger partial charge in [-0.15, -0.1) is 11.8 Å². The van der Waals surface area contributed by atoms with Crippen molar-refractivity contribution in [3.8, 4) is 0 Å². The molecule has 2 heteroatoms. The molecule has 2 atom stereocenters. The van der Waals surface area contributed by atoms with Gasteiger partial charge in [-0.25, -0.2) is 0 Å². The molecule has 0 aromatic heterocycles. The molecule has 0 spiro atoms. The summed E-state index contributed by atoms with van der Waals surface area (Å²) in [6, 6.07) is 0. The van der Waals surface area contributed by atoms with Gasteiger partial charge >= 0.3 is 0 Å². The van der Waals surface area contributed by atoms with Crippen LogP contribution in [0.25, 0.3) is 0 Å². The van der Waals surface area contributed by atoms with Gasteiger partial charge in [-0.1, -0.05) is 51.4 Å². The molecule has 2 unspecified atom stereocenters. The summed E-state index contributed by atoms with van der Waals surface area (Å²) in [5.41, 5.74) is 0. The highest BCUT2D eigenvalue weighted by atomic mass is 32.2. The predicted molar refractivity (Wildman–Crippen MR) is 72.6 cm³/mol. The van der Waals surface area contributed by atoms with Crippen LogP contribution in [0.3, 0.4) is 0 Å². The van der Waals surface area contributed by atoms with Crippen molar-refractivity contribution in [3.63, 3.8) is 0 Å². The highest BCUT2D eigenvalue weighted by Gasteiger charge is 2.16. The Labute approximate surface area is 101 Å². The van der Waals surface area contributed by atoms with E-state index < -0.39 is 0 Å². The Bertz CT molecular complexity index is 171. The van der Waals surface area contributed by atoms with E-state index in [4.69, 9.17) is 7.85 Å². The van der Waals surface area contributed by atoms with Crippen LogP contribution in [-0.4, -0.2) is 13.1 Å². The average molecular weight is 222 g/mol. The summed E-state index contributed by atoms with van der Waals surface area (Å²) in [5.74, 6) is 0.763. The van der Waals surface area contributed by atoms with Gasteiger partial charge < -0.3 is 0 Å². The molecule has 1 aliphatic heterocycles. The third-order valence-electron chi connectivity index (χ3n) is 3.16. The topological polar surface area (TPSA) is 0 Å². The van der Waals surface area contributed by atoms with Crippen molar-refractivity contribution < 1.29 is 0 Å². The first-order valence-corrected chi connectivity index (χ1v) is 7.31. The average Bonchev–Trinajstić information content (AvgIpc) is 2.75. The molecule has 1 rings (SSSR count). The fraction of sp³-hybridized carbons (Fsp3) is 0.846. The van der Waals surface area contributed by atoms with Crippen LogP contribution in [0, 0.1) is 5.92 Å². The Balaban J connectivity index is 2.06. The van der Waals surface area contributed by atoms with Crippen molar-refractivity contribution in [1.82, 2.24) is 0 Å². The molecule has 0 N–H and O–H groups in total. The highest BCUT2D eigenvalue weighted by Crippen LogP contribution is 2.32. The van der Waals surface area contributed by atoms with Crippen LogP contribution in [0.5, 0.6) is 0 Å². The summed E-state index contributed by atoms with van der Waals surface area (Å²) in [6.45, 7) is 2.27. The molecule has 0 nitrogen and oxygen atoms in total. The zero-order valence-corrected chi connectivity index (χ0v) is 10.8. The first-order valence-electron chi connectivity index (χ1n) is 6.37. The lowest BCUT2D eigenvalue weighted by atomic mass is 9.83. The highest BCUT2D eigenvalue weighted by molar-refractivity contribution is 8.03. The molecule has 15 heavy (non-hydrogen) atoms. The van der Waals surface area contributed by atoms with E-state index in [1.807, 2.05) is 11.8 Å². The van der Waals surface area contributed by atoms with Crippen LogP contribution in [0.15, 0.2) is 11.5 Å². The minimum atomic E-state index is 0.763. The van der Waals surface area contributed by atoms with Gasteiger partial charge in [0.05, 0.1) is 7.85 Å². The lowest BCUT2D eigenvalue weighted by Crippen LogP contribution is -2.08. The fourth-order valence-corrected chi connectivity index (χ4v) is 3.19. The maximum atomic E-state index is 5.84. The molecular formula is C13H23BS. The summed E-state index contributed by atoms with van der Waals surface area (Å²) < 4.78 is 0. The van der Waals surface area contributed by atoms with Crippen LogP contribution < -0.4 is 0 Å². The predicted octanol–water partition coefficient (Wildman–Crippen LogP) is 4.57. The Morgan fingerprint density at radius 1 is 1.40 bits per heavy atom. The number of allylic oxidation sites excluding steroid dienone is 1. The molecule has 1 aliphatic rings. The Hall–Kier alpha value is 0.155. The molecule has 0 fully saturated rings. The molecule has 2 radical (unpaired) electrons. The number of rotatable bonds is 8. The summed E-state index contributed by atoms with van der Waals surface area (Å²) in [5, 5.41) is 3.07. The fourth-order valence-electron chi connectivity index (χ4n) is 2.14. The minimum absolute atomic E-state index is 0.763. The third kappa shape index (κ3) is 5.70. The first kappa shape index (κ1) is 13.2. The summed E-state index contributed by atoms with van der Waals surface area (Å²) in [7, 11) is 5.84. The molecule has 0 amide bonds. The van der Waals surface area contributed by atoms with E-state index in [2.05, 4.69) is 18.4 Å². The molecule has 0 aromatic carbocycles. The van der Waals surface area contributed by atoms with E-state index in [9.17, 15) is 0 Å². The smallest absolute Gasteiger partial charge is 0.0656 e. The van der Waals surface area contributed by atoms with Gasteiger partial charge in [0.25, 0.3) is 0 Å².